The van der Waals surface area contributed by atoms with Crippen molar-refractivity contribution in [2.75, 3.05) is 34.4 Å². The minimum atomic E-state index is -4.11. The zero-order valence-corrected chi connectivity index (χ0v) is 16.3. The van der Waals surface area contributed by atoms with Crippen molar-refractivity contribution in [1.29, 1.82) is 0 Å². The third kappa shape index (κ3) is 13.0. The van der Waals surface area contributed by atoms with Gasteiger partial charge in [0.15, 0.2) is 0 Å². The molecule has 0 spiro atoms. The van der Waals surface area contributed by atoms with Crippen LogP contribution >= 0.6 is 7.82 Å². The Hall–Kier alpha value is 0.0300. The highest BCUT2D eigenvalue weighted by Gasteiger charge is 2.34. The van der Waals surface area contributed by atoms with Crippen LogP contribution in [0.1, 0.15) is 64.7 Å². The zero-order chi connectivity index (χ0) is 17.8. The van der Waals surface area contributed by atoms with E-state index in [0.717, 1.165) is 12.8 Å². The summed E-state index contributed by atoms with van der Waals surface area (Å²) in [6, 6.07) is 0. The van der Waals surface area contributed by atoms with E-state index in [1.54, 1.807) is 0 Å². The second kappa shape index (κ2) is 12.4. The minimum absolute atomic E-state index is 0.199. The highest BCUT2D eigenvalue weighted by molar-refractivity contribution is 7.47. The number of phosphoric acid groups is 1. The second-order valence-electron chi connectivity index (χ2n) is 6.97. The van der Waals surface area contributed by atoms with E-state index in [9.17, 15) is 9.46 Å². The van der Waals surface area contributed by atoms with E-state index in [4.69, 9.17) is 14.2 Å². The first kappa shape index (κ1) is 23.0. The average Bonchev–Trinajstić information content (AvgIpc) is 2.45. The minimum Gasteiger partial charge on any atom is -0.394 e. The van der Waals surface area contributed by atoms with Gasteiger partial charge < -0.3 is 14.5 Å². The summed E-state index contributed by atoms with van der Waals surface area (Å²) in [4.78, 5) is 9.69. The van der Waals surface area contributed by atoms with E-state index in [1.165, 1.54) is 38.5 Å². The summed E-state index contributed by atoms with van der Waals surface area (Å²) in [5.41, 5.74) is 0. The molecule has 2 N–H and O–H groups in total. The van der Waals surface area contributed by atoms with Crippen molar-refractivity contribution in [3.8, 4) is 0 Å². The first-order valence-corrected chi connectivity index (χ1v) is 10.3. The third-order valence-electron chi connectivity index (χ3n) is 3.77. The molecule has 6 nitrogen and oxygen atoms in total. The number of rotatable bonds is 15. The molecule has 0 saturated heterocycles. The van der Waals surface area contributed by atoms with E-state index in [-0.39, 0.29) is 13.2 Å². The fraction of sp³-hybridized carbons (Fsp3) is 1.00. The van der Waals surface area contributed by atoms with Gasteiger partial charge in [0, 0.05) is 6.42 Å². The van der Waals surface area contributed by atoms with Crippen LogP contribution in [0.15, 0.2) is 0 Å². The Kier molecular flexibility index (Phi) is 12.4. The lowest BCUT2D eigenvalue weighted by Crippen LogP contribution is -2.46. The molecule has 0 aromatic heterocycles. The summed E-state index contributed by atoms with van der Waals surface area (Å²) in [5, 5.41) is 8.68. The zero-order valence-electron chi connectivity index (χ0n) is 15.4. The van der Waals surface area contributed by atoms with Gasteiger partial charge in [-0.05, 0) is 6.42 Å². The van der Waals surface area contributed by atoms with E-state index < -0.39 is 14.1 Å². The van der Waals surface area contributed by atoms with Crippen LogP contribution in [0.2, 0.25) is 0 Å². The molecule has 0 aliphatic carbocycles. The van der Waals surface area contributed by atoms with Gasteiger partial charge in [-0.25, -0.2) is 9.09 Å². The van der Waals surface area contributed by atoms with Crippen LogP contribution < -0.4 is 0 Å². The van der Waals surface area contributed by atoms with Crippen molar-refractivity contribution in [2.45, 2.75) is 70.9 Å². The molecular formula is C16H37NO5P+. The Morgan fingerprint density at radius 1 is 1.00 bits per heavy atom. The normalized spacial score (nSPS) is 16.3. The van der Waals surface area contributed by atoms with Crippen molar-refractivity contribution in [3.05, 3.63) is 0 Å². The number of nitrogens with zero attached hydrogens (tertiary/aromatic N) is 1. The highest BCUT2D eigenvalue weighted by atomic mass is 31.2. The van der Waals surface area contributed by atoms with E-state index in [2.05, 4.69) is 6.92 Å². The predicted octanol–water partition coefficient (Wildman–Crippen LogP) is 3.68. The molecule has 0 aliphatic heterocycles. The van der Waals surface area contributed by atoms with Crippen molar-refractivity contribution in [1.82, 2.24) is 0 Å². The second-order valence-corrected chi connectivity index (χ2v) is 8.37. The van der Waals surface area contributed by atoms with Crippen molar-refractivity contribution >= 4 is 7.82 Å². The number of hydrogen-bond acceptors (Lipinski definition) is 4. The van der Waals surface area contributed by atoms with Gasteiger partial charge in [0.1, 0.15) is 0 Å². The van der Waals surface area contributed by atoms with Gasteiger partial charge in [-0.1, -0.05) is 51.9 Å². The van der Waals surface area contributed by atoms with Gasteiger partial charge in [-0.15, -0.1) is 0 Å². The maximum atomic E-state index is 11.9. The number of phosphoric ester groups is 1. The predicted molar refractivity (Wildman–Crippen MR) is 93.0 cm³/mol. The quantitative estimate of drug-likeness (QED) is 0.203. The van der Waals surface area contributed by atoms with Crippen molar-refractivity contribution in [3.63, 3.8) is 0 Å². The van der Waals surface area contributed by atoms with Gasteiger partial charge in [-0.3, -0.25) is 4.52 Å². The number of aliphatic hydroxyl groups is 1. The van der Waals surface area contributed by atoms with Crippen molar-refractivity contribution < 1.29 is 28.1 Å². The molecule has 0 bridgehead atoms. The Morgan fingerprint density at radius 2 is 1.52 bits per heavy atom. The average molecular weight is 354 g/mol. The first-order valence-electron chi connectivity index (χ1n) is 8.80. The molecule has 0 amide bonds. The lowest BCUT2D eigenvalue weighted by molar-refractivity contribution is -0.916. The lowest BCUT2D eigenvalue weighted by atomic mass is 10.1. The Morgan fingerprint density at radius 3 is 2.00 bits per heavy atom. The van der Waals surface area contributed by atoms with Gasteiger partial charge in [0.2, 0.25) is 6.23 Å². The molecule has 0 rings (SSSR count). The Balaban J connectivity index is 4.10. The standard InChI is InChI=1S/C16H36NO5P/c1-5-6-7-8-9-10-11-12-13-16(17(2,3)4)22-23(19,20)21-15-14-18/h16,18H,5-15H2,1-4H3/p+1. The number of hydrogen-bond donors (Lipinski definition) is 2. The fourth-order valence-electron chi connectivity index (χ4n) is 2.37. The molecule has 23 heavy (non-hydrogen) atoms. The van der Waals surface area contributed by atoms with Crippen LogP contribution in [0.3, 0.4) is 0 Å². The van der Waals surface area contributed by atoms with Crippen LogP contribution in [0.25, 0.3) is 0 Å². The van der Waals surface area contributed by atoms with Crippen LogP contribution in [0.4, 0.5) is 0 Å². The first-order chi connectivity index (χ1) is 10.7. The number of quaternary nitrogens is 1. The fourth-order valence-corrected chi connectivity index (χ4v) is 3.44. The van der Waals surface area contributed by atoms with Gasteiger partial charge in [0.05, 0.1) is 34.4 Å². The third-order valence-corrected chi connectivity index (χ3v) is 4.79. The smallest absolute Gasteiger partial charge is 0.394 e. The highest BCUT2D eigenvalue weighted by Crippen LogP contribution is 2.46. The molecule has 0 aliphatic rings. The van der Waals surface area contributed by atoms with E-state index in [0.29, 0.717) is 10.9 Å². The molecule has 7 heteroatoms. The molecule has 2 unspecified atom stereocenters. The molecule has 0 fully saturated rings. The number of unbranched alkanes of at least 4 members (excludes halogenated alkanes) is 7. The molecule has 0 radical (unpaired) electrons. The summed E-state index contributed by atoms with van der Waals surface area (Å²) in [6.45, 7) is 1.71. The summed E-state index contributed by atoms with van der Waals surface area (Å²) in [6.07, 6.45) is 10.0. The molecule has 0 aromatic carbocycles. The van der Waals surface area contributed by atoms with Gasteiger partial charge in [-0.2, -0.15) is 0 Å². The van der Waals surface area contributed by atoms with Crippen LogP contribution in [0.5, 0.6) is 0 Å². The molecule has 0 saturated carbocycles. The Labute approximate surface area is 142 Å². The topological polar surface area (TPSA) is 76.0 Å². The lowest BCUT2D eigenvalue weighted by Gasteiger charge is -2.34. The SMILES string of the molecule is CCCCCCCCCCC(OP(=O)(O)OCCO)[N+](C)(C)C. The van der Waals surface area contributed by atoms with Crippen molar-refractivity contribution in [2.24, 2.45) is 0 Å². The maximum absolute atomic E-state index is 11.9. The monoisotopic (exact) mass is 354 g/mol. The molecule has 0 heterocycles. The molecule has 0 aromatic rings. The summed E-state index contributed by atoms with van der Waals surface area (Å²) >= 11 is 0. The maximum Gasteiger partial charge on any atom is 0.476 e. The molecule has 140 valence electrons. The van der Waals surface area contributed by atoms with Gasteiger partial charge >= 0.3 is 7.82 Å². The van der Waals surface area contributed by atoms with Crippen LogP contribution in [0, 0.1) is 0 Å². The summed E-state index contributed by atoms with van der Waals surface area (Å²) < 4.78 is 22.3. The van der Waals surface area contributed by atoms with Gasteiger partial charge in [0.25, 0.3) is 0 Å². The molecule has 2 atom stereocenters. The summed E-state index contributed by atoms with van der Waals surface area (Å²) in [7, 11) is 1.68. The Bertz CT molecular complexity index is 333. The van der Waals surface area contributed by atoms with Crippen LogP contribution in [-0.2, 0) is 13.6 Å². The van der Waals surface area contributed by atoms with Crippen LogP contribution in [-0.4, -0.2) is 55.1 Å². The largest absolute Gasteiger partial charge is 0.476 e. The molecular weight excluding hydrogens is 317 g/mol. The van der Waals surface area contributed by atoms with E-state index in [1.807, 2.05) is 21.1 Å². The number of aliphatic hydroxyl groups excluding tert-OH is 1. The van der Waals surface area contributed by atoms with E-state index >= 15 is 0 Å². The summed E-state index contributed by atoms with van der Waals surface area (Å²) in [5.74, 6) is 0.